The van der Waals surface area contributed by atoms with Gasteiger partial charge in [-0.3, -0.25) is 19.7 Å². The monoisotopic (exact) mass is 412 g/mol. The zero-order valence-corrected chi connectivity index (χ0v) is 16.1. The van der Waals surface area contributed by atoms with Crippen molar-refractivity contribution in [1.82, 2.24) is 9.97 Å². The Balaban J connectivity index is 1.70. The lowest BCUT2D eigenvalue weighted by atomic mass is 10.1. The van der Waals surface area contributed by atoms with Crippen LogP contribution in [-0.2, 0) is 4.79 Å². The molecule has 0 aliphatic rings. The molecule has 148 valence electrons. The number of para-hydroxylation sites is 2. The molecule has 0 atom stereocenters. The topological polar surface area (TPSA) is 127 Å². The summed E-state index contributed by atoms with van der Waals surface area (Å²) in [6.07, 6.45) is 0. The molecule has 0 unspecified atom stereocenters. The van der Waals surface area contributed by atoms with Gasteiger partial charge in [0.25, 0.3) is 11.2 Å². The van der Waals surface area contributed by atoms with Crippen molar-refractivity contribution in [2.45, 2.75) is 5.16 Å². The highest BCUT2D eigenvalue weighted by Crippen LogP contribution is 2.24. The van der Waals surface area contributed by atoms with Crippen LogP contribution in [0.5, 0.6) is 5.75 Å². The van der Waals surface area contributed by atoms with Crippen LogP contribution in [0.2, 0.25) is 0 Å². The molecule has 3 rings (SSSR count). The van der Waals surface area contributed by atoms with Gasteiger partial charge in [-0.2, -0.15) is 0 Å². The summed E-state index contributed by atoms with van der Waals surface area (Å²) in [6, 6.07) is 14.3. The van der Waals surface area contributed by atoms with Crippen molar-refractivity contribution >= 4 is 29.0 Å². The third-order valence-corrected chi connectivity index (χ3v) is 4.69. The first-order valence-electron chi connectivity index (χ1n) is 8.38. The molecule has 0 aliphatic carbocycles. The largest absolute Gasteiger partial charge is 0.497 e. The van der Waals surface area contributed by atoms with Gasteiger partial charge in [0.15, 0.2) is 5.16 Å². The van der Waals surface area contributed by atoms with Crippen LogP contribution in [0.4, 0.5) is 11.4 Å². The van der Waals surface area contributed by atoms with E-state index in [2.05, 4.69) is 15.3 Å². The highest BCUT2D eigenvalue weighted by Gasteiger charge is 2.15. The van der Waals surface area contributed by atoms with Crippen LogP contribution < -0.4 is 15.6 Å². The molecule has 0 radical (unpaired) electrons. The smallest absolute Gasteiger partial charge is 0.292 e. The Morgan fingerprint density at radius 3 is 2.66 bits per heavy atom. The van der Waals surface area contributed by atoms with Crippen LogP contribution in [-0.4, -0.2) is 33.7 Å². The Hall–Kier alpha value is -3.66. The van der Waals surface area contributed by atoms with Crippen LogP contribution in [0.1, 0.15) is 0 Å². The summed E-state index contributed by atoms with van der Waals surface area (Å²) < 4.78 is 5.11. The first-order valence-corrected chi connectivity index (χ1v) is 9.36. The number of aromatic amines is 1. The average molecular weight is 412 g/mol. The minimum Gasteiger partial charge on any atom is -0.497 e. The lowest BCUT2D eigenvalue weighted by Crippen LogP contribution is -2.16. The highest BCUT2D eigenvalue weighted by atomic mass is 32.2. The molecule has 2 N–H and O–H groups in total. The van der Waals surface area contributed by atoms with Crippen molar-refractivity contribution < 1.29 is 14.5 Å². The lowest BCUT2D eigenvalue weighted by Gasteiger charge is -2.07. The van der Waals surface area contributed by atoms with Gasteiger partial charge >= 0.3 is 0 Å². The van der Waals surface area contributed by atoms with E-state index in [1.807, 2.05) is 0 Å². The molecule has 0 bridgehead atoms. The van der Waals surface area contributed by atoms with Crippen LogP contribution >= 0.6 is 11.8 Å². The van der Waals surface area contributed by atoms with Crippen molar-refractivity contribution in [2.24, 2.45) is 0 Å². The average Bonchev–Trinajstić information content (AvgIpc) is 2.72. The SMILES string of the molecule is COc1ccc(-c2cc(=O)[nH]c(SCC(=O)Nc3ccccc3[N+](=O)[O-])n2)cc1. The number of anilines is 1. The van der Waals surface area contributed by atoms with E-state index in [1.54, 1.807) is 37.4 Å². The second-order valence-electron chi connectivity index (χ2n) is 5.78. The fraction of sp³-hybridized carbons (Fsp3) is 0.105. The number of carbonyl (C=O) groups excluding carboxylic acids is 1. The number of H-pyrrole nitrogens is 1. The normalized spacial score (nSPS) is 10.4. The number of hydrogen-bond acceptors (Lipinski definition) is 7. The first kappa shape index (κ1) is 20.1. The molecular formula is C19H16N4O5S. The Morgan fingerprint density at radius 1 is 1.24 bits per heavy atom. The van der Waals surface area contributed by atoms with Crippen molar-refractivity contribution in [3.05, 3.63) is 75.1 Å². The maximum absolute atomic E-state index is 12.2. The number of nitrogens with zero attached hydrogens (tertiary/aromatic N) is 2. The number of nitro groups is 1. The van der Waals surface area contributed by atoms with E-state index in [0.29, 0.717) is 11.4 Å². The van der Waals surface area contributed by atoms with Crippen molar-refractivity contribution in [3.8, 4) is 17.0 Å². The molecule has 29 heavy (non-hydrogen) atoms. The van der Waals surface area contributed by atoms with Crippen LogP contribution in [0.25, 0.3) is 11.3 Å². The summed E-state index contributed by atoms with van der Waals surface area (Å²) in [4.78, 5) is 41.5. The summed E-state index contributed by atoms with van der Waals surface area (Å²) in [6.45, 7) is 0. The molecule has 2 aromatic carbocycles. The highest BCUT2D eigenvalue weighted by molar-refractivity contribution is 7.99. The van der Waals surface area contributed by atoms with E-state index in [1.165, 1.54) is 24.3 Å². The second-order valence-corrected chi connectivity index (χ2v) is 6.74. The van der Waals surface area contributed by atoms with E-state index < -0.39 is 10.8 Å². The van der Waals surface area contributed by atoms with E-state index >= 15 is 0 Å². The third kappa shape index (κ3) is 5.20. The molecule has 1 amide bonds. The Kier molecular flexibility index (Phi) is 6.25. The Morgan fingerprint density at radius 2 is 1.97 bits per heavy atom. The Bertz CT molecular complexity index is 1100. The predicted molar refractivity (Wildman–Crippen MR) is 109 cm³/mol. The van der Waals surface area contributed by atoms with E-state index in [4.69, 9.17) is 4.74 Å². The van der Waals surface area contributed by atoms with Gasteiger partial charge in [-0.15, -0.1) is 0 Å². The number of methoxy groups -OCH3 is 1. The van der Waals surface area contributed by atoms with Gasteiger partial charge in [-0.1, -0.05) is 23.9 Å². The van der Waals surface area contributed by atoms with E-state index in [9.17, 15) is 19.7 Å². The third-order valence-electron chi connectivity index (χ3n) is 3.82. The standard InChI is InChI=1S/C19H16N4O5S/c1-28-13-8-6-12(7-9-13)15-10-17(24)22-19(21-15)29-11-18(25)20-14-4-2-3-5-16(14)23(26)27/h2-10H,11H2,1H3,(H,20,25)(H,21,22,24). The van der Waals surface area contributed by atoms with Gasteiger partial charge in [-0.05, 0) is 30.3 Å². The number of carbonyl (C=O) groups is 1. The second kappa shape index (κ2) is 9.02. The zero-order chi connectivity index (χ0) is 20.8. The van der Waals surface area contributed by atoms with Gasteiger partial charge in [0.1, 0.15) is 11.4 Å². The number of amides is 1. The quantitative estimate of drug-likeness (QED) is 0.264. The number of ether oxygens (including phenoxy) is 1. The van der Waals surface area contributed by atoms with Gasteiger partial charge in [0, 0.05) is 17.7 Å². The van der Waals surface area contributed by atoms with E-state index in [0.717, 1.165) is 17.3 Å². The summed E-state index contributed by atoms with van der Waals surface area (Å²) in [5.74, 6) is 0.141. The maximum Gasteiger partial charge on any atom is 0.292 e. The van der Waals surface area contributed by atoms with Gasteiger partial charge in [0.2, 0.25) is 5.91 Å². The maximum atomic E-state index is 12.2. The molecule has 0 saturated heterocycles. The summed E-state index contributed by atoms with van der Waals surface area (Å²) >= 11 is 1.02. The molecule has 3 aromatic rings. The van der Waals surface area contributed by atoms with Crippen LogP contribution in [0.3, 0.4) is 0 Å². The minimum absolute atomic E-state index is 0.0823. The van der Waals surface area contributed by atoms with Crippen molar-refractivity contribution in [1.29, 1.82) is 0 Å². The minimum atomic E-state index is -0.569. The number of benzene rings is 2. The van der Waals surface area contributed by atoms with Gasteiger partial charge in [-0.25, -0.2) is 4.98 Å². The predicted octanol–water partition coefficient (Wildman–Crippen LogP) is 3.08. The molecule has 0 fully saturated rings. The van der Waals surface area contributed by atoms with Crippen molar-refractivity contribution in [2.75, 3.05) is 18.2 Å². The fourth-order valence-electron chi connectivity index (χ4n) is 2.47. The van der Waals surface area contributed by atoms with E-state index in [-0.39, 0.29) is 27.8 Å². The number of aromatic nitrogens is 2. The van der Waals surface area contributed by atoms with Gasteiger partial charge in [0.05, 0.1) is 23.5 Å². The fourth-order valence-corrected chi connectivity index (χ4v) is 3.15. The molecule has 0 spiro atoms. The van der Waals surface area contributed by atoms with Gasteiger partial charge < -0.3 is 15.0 Å². The number of nitro benzene ring substituents is 1. The molecule has 10 heteroatoms. The summed E-state index contributed by atoms with van der Waals surface area (Å²) in [5.41, 5.74) is 0.740. The van der Waals surface area contributed by atoms with Crippen LogP contribution in [0.15, 0.2) is 64.5 Å². The number of hydrogen-bond donors (Lipinski definition) is 2. The lowest BCUT2D eigenvalue weighted by molar-refractivity contribution is -0.383. The molecule has 0 aliphatic heterocycles. The number of rotatable bonds is 7. The number of thioether (sulfide) groups is 1. The van der Waals surface area contributed by atoms with Crippen LogP contribution in [0, 0.1) is 10.1 Å². The first-order chi connectivity index (χ1) is 14.0. The molecule has 1 aromatic heterocycles. The Labute approximate surface area is 169 Å². The molecule has 9 nitrogen and oxygen atoms in total. The molecular weight excluding hydrogens is 396 g/mol. The zero-order valence-electron chi connectivity index (χ0n) is 15.2. The summed E-state index contributed by atoms with van der Waals surface area (Å²) in [7, 11) is 1.56. The molecule has 0 saturated carbocycles. The molecule has 1 heterocycles. The number of nitrogens with one attached hydrogen (secondary N) is 2. The summed E-state index contributed by atoms with van der Waals surface area (Å²) in [5, 5.41) is 13.8. The van der Waals surface area contributed by atoms with Crippen molar-refractivity contribution in [3.63, 3.8) is 0 Å².